The fraction of sp³-hybridized carbons (Fsp3) is 0.900. The van der Waals surface area contributed by atoms with E-state index in [9.17, 15) is 13.2 Å². The maximum Gasteiger partial charge on any atom is 0.394 e. The van der Waals surface area contributed by atoms with E-state index < -0.39 is 18.1 Å². The largest absolute Gasteiger partial charge is 0.394 e. The summed E-state index contributed by atoms with van der Waals surface area (Å²) >= 11 is 0. The third-order valence-electron chi connectivity index (χ3n) is 2.75. The highest BCUT2D eigenvalue weighted by Gasteiger charge is 2.47. The Labute approximate surface area is 87.7 Å². The standard InChI is InChI=1S/C10H17F3N2/c1-2-3-4-5-8-7(10(11,12)13)6-9(14)15-8/h7-8H,2-6H2,1H3,(H2,14,15)/t7-,8+/m1/s1. The number of aliphatic imine (C=N–C) groups is 1. The van der Waals surface area contributed by atoms with E-state index in [2.05, 4.69) is 4.99 Å². The van der Waals surface area contributed by atoms with E-state index in [4.69, 9.17) is 5.73 Å². The number of halogens is 3. The summed E-state index contributed by atoms with van der Waals surface area (Å²) in [5.41, 5.74) is 5.37. The predicted molar refractivity (Wildman–Crippen MR) is 53.7 cm³/mol. The zero-order valence-electron chi connectivity index (χ0n) is 8.85. The number of rotatable bonds is 4. The summed E-state index contributed by atoms with van der Waals surface area (Å²) in [4.78, 5) is 3.88. The second kappa shape index (κ2) is 4.86. The minimum absolute atomic E-state index is 0.125. The van der Waals surface area contributed by atoms with E-state index in [-0.39, 0.29) is 12.3 Å². The Morgan fingerprint density at radius 2 is 2.07 bits per heavy atom. The lowest BCUT2D eigenvalue weighted by molar-refractivity contribution is -0.176. The Balaban J connectivity index is 2.51. The van der Waals surface area contributed by atoms with Crippen LogP contribution in [0.1, 0.15) is 39.0 Å². The van der Waals surface area contributed by atoms with Gasteiger partial charge in [-0.25, -0.2) is 0 Å². The monoisotopic (exact) mass is 222 g/mol. The number of nitrogens with two attached hydrogens (primary N) is 1. The van der Waals surface area contributed by atoms with Gasteiger partial charge in [-0.3, -0.25) is 4.99 Å². The molecule has 1 aliphatic rings. The highest BCUT2D eigenvalue weighted by atomic mass is 19.4. The molecule has 0 aromatic carbocycles. The molecular weight excluding hydrogens is 205 g/mol. The van der Waals surface area contributed by atoms with Crippen LogP contribution >= 0.6 is 0 Å². The molecule has 1 rings (SSSR count). The summed E-state index contributed by atoms with van der Waals surface area (Å²) in [5, 5.41) is 0. The average molecular weight is 222 g/mol. The van der Waals surface area contributed by atoms with Crippen molar-refractivity contribution in [1.82, 2.24) is 0 Å². The number of nitrogens with zero attached hydrogens (tertiary/aromatic N) is 1. The quantitative estimate of drug-likeness (QED) is 0.730. The molecule has 1 heterocycles. The second-order valence-electron chi connectivity index (χ2n) is 4.04. The molecule has 0 spiro atoms. The molecule has 1 aliphatic heterocycles. The number of unbranched alkanes of at least 4 members (excludes halogenated alkanes) is 2. The van der Waals surface area contributed by atoms with Gasteiger partial charge in [0, 0.05) is 6.42 Å². The van der Waals surface area contributed by atoms with E-state index >= 15 is 0 Å². The van der Waals surface area contributed by atoms with Crippen molar-refractivity contribution in [3.05, 3.63) is 0 Å². The minimum Gasteiger partial charge on any atom is -0.387 e. The van der Waals surface area contributed by atoms with Gasteiger partial charge in [-0.1, -0.05) is 26.2 Å². The van der Waals surface area contributed by atoms with Crippen molar-refractivity contribution in [2.45, 2.75) is 51.2 Å². The fourth-order valence-corrected chi connectivity index (χ4v) is 1.92. The first-order chi connectivity index (χ1) is 6.95. The summed E-state index contributed by atoms with van der Waals surface area (Å²) in [7, 11) is 0. The van der Waals surface area contributed by atoms with E-state index in [1.54, 1.807) is 0 Å². The molecule has 88 valence electrons. The van der Waals surface area contributed by atoms with Crippen LogP contribution in [0, 0.1) is 5.92 Å². The van der Waals surface area contributed by atoms with Crippen LogP contribution in [0.2, 0.25) is 0 Å². The minimum atomic E-state index is -4.17. The van der Waals surface area contributed by atoms with Crippen molar-refractivity contribution in [3.8, 4) is 0 Å². The molecule has 0 aliphatic carbocycles. The van der Waals surface area contributed by atoms with Gasteiger partial charge in [0.1, 0.15) is 0 Å². The van der Waals surface area contributed by atoms with Crippen molar-refractivity contribution in [3.63, 3.8) is 0 Å². The third kappa shape index (κ3) is 3.39. The summed E-state index contributed by atoms with van der Waals surface area (Å²) in [5.74, 6) is -1.20. The van der Waals surface area contributed by atoms with Crippen LogP contribution < -0.4 is 5.73 Å². The first-order valence-electron chi connectivity index (χ1n) is 5.34. The van der Waals surface area contributed by atoms with Crippen molar-refractivity contribution in [2.75, 3.05) is 0 Å². The van der Waals surface area contributed by atoms with E-state index in [0.29, 0.717) is 6.42 Å². The van der Waals surface area contributed by atoms with Crippen molar-refractivity contribution >= 4 is 5.84 Å². The van der Waals surface area contributed by atoms with Crippen molar-refractivity contribution in [1.29, 1.82) is 0 Å². The summed E-state index contributed by atoms with van der Waals surface area (Å²) in [6.07, 6.45) is -1.04. The van der Waals surface area contributed by atoms with Crippen LogP contribution in [-0.4, -0.2) is 18.1 Å². The molecule has 0 amide bonds. The highest BCUT2D eigenvalue weighted by molar-refractivity contribution is 5.82. The fourth-order valence-electron chi connectivity index (χ4n) is 1.92. The lowest BCUT2D eigenvalue weighted by Crippen LogP contribution is -2.30. The Morgan fingerprint density at radius 3 is 2.60 bits per heavy atom. The molecule has 0 aromatic heterocycles. The predicted octanol–water partition coefficient (Wildman–Crippen LogP) is 2.87. The molecule has 15 heavy (non-hydrogen) atoms. The van der Waals surface area contributed by atoms with Gasteiger partial charge in [0.05, 0.1) is 17.8 Å². The molecule has 0 saturated carbocycles. The van der Waals surface area contributed by atoms with Gasteiger partial charge >= 0.3 is 6.18 Å². The smallest absolute Gasteiger partial charge is 0.387 e. The molecule has 2 N–H and O–H groups in total. The van der Waals surface area contributed by atoms with Crippen LogP contribution in [-0.2, 0) is 0 Å². The summed E-state index contributed by atoms with van der Waals surface area (Å²) in [6.45, 7) is 2.02. The maximum atomic E-state index is 12.6. The van der Waals surface area contributed by atoms with Crippen LogP contribution in [0.4, 0.5) is 13.2 Å². The van der Waals surface area contributed by atoms with E-state index in [1.165, 1.54) is 0 Å². The molecule has 0 aromatic rings. The van der Waals surface area contributed by atoms with Gasteiger partial charge < -0.3 is 5.73 Å². The number of hydrogen-bond acceptors (Lipinski definition) is 2. The van der Waals surface area contributed by atoms with Gasteiger partial charge in [0.15, 0.2) is 0 Å². The summed E-state index contributed by atoms with van der Waals surface area (Å²) < 4.78 is 37.7. The summed E-state index contributed by atoms with van der Waals surface area (Å²) in [6, 6.07) is -0.642. The Bertz CT molecular complexity index is 235. The maximum absolute atomic E-state index is 12.6. The van der Waals surface area contributed by atoms with Crippen molar-refractivity contribution < 1.29 is 13.2 Å². The first kappa shape index (κ1) is 12.3. The van der Waals surface area contributed by atoms with Gasteiger partial charge in [0.2, 0.25) is 0 Å². The Morgan fingerprint density at radius 1 is 1.40 bits per heavy atom. The SMILES string of the molecule is CCCCC[C@@H]1N=C(N)C[C@H]1C(F)(F)F. The molecule has 2 nitrogen and oxygen atoms in total. The van der Waals surface area contributed by atoms with E-state index in [1.807, 2.05) is 6.92 Å². The van der Waals surface area contributed by atoms with Gasteiger partial charge in [-0.15, -0.1) is 0 Å². The lowest BCUT2D eigenvalue weighted by atomic mass is 9.94. The van der Waals surface area contributed by atoms with E-state index in [0.717, 1.165) is 19.3 Å². The van der Waals surface area contributed by atoms with Crippen LogP contribution in [0.5, 0.6) is 0 Å². The molecular formula is C10H17F3N2. The molecule has 0 saturated heterocycles. The zero-order valence-corrected chi connectivity index (χ0v) is 8.85. The molecule has 5 heteroatoms. The van der Waals surface area contributed by atoms with Gasteiger partial charge in [0.25, 0.3) is 0 Å². The first-order valence-corrected chi connectivity index (χ1v) is 5.34. The highest BCUT2D eigenvalue weighted by Crippen LogP contribution is 2.37. The molecule has 0 radical (unpaired) electrons. The molecule has 2 atom stereocenters. The number of hydrogen-bond donors (Lipinski definition) is 1. The van der Waals surface area contributed by atoms with Crippen molar-refractivity contribution in [2.24, 2.45) is 16.6 Å². The van der Waals surface area contributed by atoms with Crippen LogP contribution in [0.25, 0.3) is 0 Å². The molecule has 0 fully saturated rings. The third-order valence-corrected chi connectivity index (χ3v) is 2.75. The molecule has 0 unspecified atom stereocenters. The Hall–Kier alpha value is -0.740. The number of alkyl halides is 3. The average Bonchev–Trinajstić information content (AvgIpc) is 2.47. The topological polar surface area (TPSA) is 38.4 Å². The zero-order chi connectivity index (χ0) is 11.5. The Kier molecular flexibility index (Phi) is 3.99. The second-order valence-corrected chi connectivity index (χ2v) is 4.04. The van der Waals surface area contributed by atoms with Gasteiger partial charge in [-0.05, 0) is 6.42 Å². The normalized spacial score (nSPS) is 26.8. The molecule has 0 bridgehead atoms. The van der Waals surface area contributed by atoms with Gasteiger partial charge in [-0.2, -0.15) is 13.2 Å². The number of amidine groups is 1. The lowest BCUT2D eigenvalue weighted by Gasteiger charge is -2.20. The van der Waals surface area contributed by atoms with Crippen LogP contribution in [0.15, 0.2) is 4.99 Å². The van der Waals surface area contributed by atoms with Crippen LogP contribution in [0.3, 0.4) is 0 Å².